The van der Waals surface area contributed by atoms with Gasteiger partial charge in [-0.25, -0.2) is 0 Å². The van der Waals surface area contributed by atoms with Gasteiger partial charge in [-0.05, 0) is 77.7 Å². The smallest absolute Gasteiger partial charge is 0.250 e. The fraction of sp³-hybridized carbons (Fsp3) is 0.111. The van der Waals surface area contributed by atoms with Gasteiger partial charge >= 0.3 is 0 Å². The summed E-state index contributed by atoms with van der Waals surface area (Å²) in [6, 6.07) is 16.7. The number of allylic oxidation sites excluding steroid dienone is 2. The third-order valence-electron chi connectivity index (χ3n) is 5.32. The van der Waals surface area contributed by atoms with Crippen LogP contribution < -0.4 is 0 Å². The number of rotatable bonds is 0. The number of benzene rings is 3. The van der Waals surface area contributed by atoms with Gasteiger partial charge in [0, 0.05) is 16.8 Å². The Morgan fingerprint density at radius 3 is 2.43 bits per heavy atom. The molecule has 3 aromatic carbocycles. The van der Waals surface area contributed by atoms with Crippen LogP contribution in [0.25, 0.3) is 45.1 Å². The SMILES string of the molecule is Cc1cc(Br)c2oc3c(c2c1)C=C[C+]=C3.Cc1cc(C)c2oc3ccccc3c2c1. The molecule has 0 unspecified atom stereocenters. The quantitative estimate of drug-likeness (QED) is 0.218. The van der Waals surface area contributed by atoms with Crippen LogP contribution in [0, 0.1) is 26.8 Å². The van der Waals surface area contributed by atoms with Crippen LogP contribution >= 0.6 is 15.9 Å². The summed E-state index contributed by atoms with van der Waals surface area (Å²) in [5.41, 5.74) is 7.77. The summed E-state index contributed by atoms with van der Waals surface area (Å²) < 4.78 is 12.6. The maximum Gasteiger partial charge on any atom is 0.250 e. The second-order valence-electron chi connectivity index (χ2n) is 7.70. The van der Waals surface area contributed by atoms with Crippen molar-refractivity contribution in [1.29, 1.82) is 0 Å². The lowest BCUT2D eigenvalue weighted by atomic mass is 10.1. The van der Waals surface area contributed by atoms with Gasteiger partial charge in [-0.15, -0.1) is 0 Å². The molecule has 0 saturated heterocycles. The second kappa shape index (κ2) is 7.28. The Kier molecular flexibility index (Phi) is 4.58. The van der Waals surface area contributed by atoms with Crippen LogP contribution in [0.3, 0.4) is 0 Å². The summed E-state index contributed by atoms with van der Waals surface area (Å²) in [7, 11) is 0. The van der Waals surface area contributed by atoms with Crippen LogP contribution in [0.15, 0.2) is 67.9 Å². The van der Waals surface area contributed by atoms with Gasteiger partial charge in [-0.1, -0.05) is 24.3 Å². The van der Waals surface area contributed by atoms with Crippen molar-refractivity contribution in [2.45, 2.75) is 20.8 Å². The number of hydrogen-bond acceptors (Lipinski definition) is 2. The van der Waals surface area contributed by atoms with Gasteiger partial charge in [-0.2, -0.15) is 0 Å². The van der Waals surface area contributed by atoms with Crippen molar-refractivity contribution < 1.29 is 8.83 Å². The first kappa shape index (κ1) is 18.9. The van der Waals surface area contributed by atoms with Crippen LogP contribution in [-0.2, 0) is 0 Å². The van der Waals surface area contributed by atoms with Crippen LogP contribution in [-0.4, -0.2) is 0 Å². The minimum Gasteiger partial charge on any atom is -0.456 e. The first-order chi connectivity index (χ1) is 14.5. The highest BCUT2D eigenvalue weighted by Gasteiger charge is 2.21. The molecule has 3 heteroatoms. The van der Waals surface area contributed by atoms with Crippen LogP contribution in [0.2, 0.25) is 0 Å². The zero-order valence-electron chi connectivity index (χ0n) is 17.0. The molecule has 2 heterocycles. The molecule has 2 nitrogen and oxygen atoms in total. The molecular formula is C27H20BrO2+. The monoisotopic (exact) mass is 455 g/mol. The first-order valence-corrected chi connectivity index (χ1v) is 10.7. The van der Waals surface area contributed by atoms with Crippen LogP contribution in [0.5, 0.6) is 0 Å². The summed E-state index contributed by atoms with van der Waals surface area (Å²) in [5.74, 6) is 0.888. The Morgan fingerprint density at radius 1 is 0.800 bits per heavy atom. The van der Waals surface area contributed by atoms with Gasteiger partial charge in [0.25, 0.3) is 0 Å². The van der Waals surface area contributed by atoms with Crippen molar-refractivity contribution >= 4 is 61.0 Å². The van der Waals surface area contributed by atoms with E-state index in [1.165, 1.54) is 27.5 Å². The highest BCUT2D eigenvalue weighted by molar-refractivity contribution is 9.10. The van der Waals surface area contributed by atoms with Gasteiger partial charge in [0.15, 0.2) is 5.58 Å². The fourth-order valence-electron chi connectivity index (χ4n) is 4.04. The number of halogens is 1. The number of furan rings is 2. The summed E-state index contributed by atoms with van der Waals surface area (Å²) in [6.45, 7) is 6.30. The Hall–Kier alpha value is -3.13. The van der Waals surface area contributed by atoms with E-state index >= 15 is 0 Å². The van der Waals surface area contributed by atoms with E-state index in [2.05, 4.69) is 79.2 Å². The van der Waals surface area contributed by atoms with Gasteiger partial charge in [-0.3, -0.25) is 0 Å². The molecule has 0 fully saturated rings. The lowest BCUT2D eigenvalue weighted by Gasteiger charge is -1.96. The summed E-state index contributed by atoms with van der Waals surface area (Å²) in [6.07, 6.45) is 8.84. The molecule has 2 aromatic heterocycles. The molecule has 146 valence electrons. The van der Waals surface area contributed by atoms with E-state index in [1.54, 1.807) is 0 Å². The number of hydrogen-bond donors (Lipinski definition) is 0. The Labute approximate surface area is 183 Å². The van der Waals surface area contributed by atoms with Gasteiger partial charge < -0.3 is 8.83 Å². The molecule has 0 spiro atoms. The zero-order chi connectivity index (χ0) is 20.8. The molecule has 5 aromatic rings. The molecular weight excluding hydrogens is 436 g/mol. The predicted molar refractivity (Wildman–Crippen MR) is 129 cm³/mol. The highest BCUT2D eigenvalue weighted by Crippen LogP contribution is 2.35. The van der Waals surface area contributed by atoms with E-state index in [4.69, 9.17) is 8.83 Å². The molecule has 6 rings (SSSR count). The normalized spacial score (nSPS) is 12.1. The molecule has 0 radical (unpaired) electrons. The average Bonchev–Trinajstić information content (AvgIpc) is 3.28. The second-order valence-corrected chi connectivity index (χ2v) is 8.56. The molecule has 0 atom stereocenters. The topological polar surface area (TPSA) is 26.3 Å². The van der Waals surface area contributed by atoms with Crippen molar-refractivity contribution in [2.24, 2.45) is 0 Å². The van der Waals surface area contributed by atoms with Crippen LogP contribution in [0.4, 0.5) is 0 Å². The van der Waals surface area contributed by atoms with Crippen molar-refractivity contribution in [2.75, 3.05) is 0 Å². The van der Waals surface area contributed by atoms with E-state index in [9.17, 15) is 0 Å². The molecule has 0 bridgehead atoms. The number of aryl methyl sites for hydroxylation is 3. The largest absolute Gasteiger partial charge is 0.456 e. The standard InChI is InChI=1S/C14H12O.C13H8BrO/c1-9-7-10(2)14-12(8-9)11-5-3-4-6-13(11)15-14;1-8-6-10-9-4-2-3-5-12(9)15-13(10)11(14)7-8/h3-8H,1-2H3;2,4-7H,1H3/q;+1. The molecule has 0 aliphatic heterocycles. The maximum atomic E-state index is 5.84. The highest BCUT2D eigenvalue weighted by atomic mass is 79.9. The molecule has 0 amide bonds. The molecule has 1 aliphatic carbocycles. The molecule has 0 saturated carbocycles. The van der Waals surface area contributed by atoms with Crippen molar-refractivity contribution in [3.63, 3.8) is 0 Å². The Bertz CT molecular complexity index is 1480. The van der Waals surface area contributed by atoms with Gasteiger partial charge in [0.2, 0.25) is 5.76 Å². The molecule has 1 aliphatic rings. The van der Waals surface area contributed by atoms with Gasteiger partial charge in [0.05, 0.1) is 15.9 Å². The van der Waals surface area contributed by atoms with Crippen molar-refractivity contribution in [3.05, 3.63) is 93.2 Å². The fourth-order valence-corrected chi connectivity index (χ4v) is 4.70. The lowest BCUT2D eigenvalue weighted by Crippen LogP contribution is -1.78. The lowest BCUT2D eigenvalue weighted by molar-refractivity contribution is 0.601. The molecule has 30 heavy (non-hydrogen) atoms. The van der Waals surface area contributed by atoms with Gasteiger partial charge in [0.1, 0.15) is 28.9 Å². The zero-order valence-corrected chi connectivity index (χ0v) is 18.6. The third-order valence-corrected chi connectivity index (χ3v) is 5.91. The van der Waals surface area contributed by atoms with E-state index in [0.717, 1.165) is 37.9 Å². The first-order valence-electron chi connectivity index (χ1n) is 9.88. The minimum absolute atomic E-state index is 0.888. The Balaban J connectivity index is 0.000000128. The van der Waals surface area contributed by atoms with E-state index < -0.39 is 0 Å². The summed E-state index contributed by atoms with van der Waals surface area (Å²) in [5, 5.41) is 3.59. The average molecular weight is 456 g/mol. The van der Waals surface area contributed by atoms with E-state index in [-0.39, 0.29) is 0 Å². The molecule has 0 N–H and O–H groups in total. The van der Waals surface area contributed by atoms with Crippen molar-refractivity contribution in [3.8, 4) is 0 Å². The third kappa shape index (κ3) is 3.17. The Morgan fingerprint density at radius 2 is 1.57 bits per heavy atom. The summed E-state index contributed by atoms with van der Waals surface area (Å²) in [4.78, 5) is 0. The van der Waals surface area contributed by atoms with E-state index in [1.807, 2.05) is 30.4 Å². The predicted octanol–water partition coefficient (Wildman–Crippen LogP) is 8.55. The van der Waals surface area contributed by atoms with Crippen molar-refractivity contribution in [1.82, 2.24) is 0 Å². The maximum absolute atomic E-state index is 5.84. The minimum atomic E-state index is 0.888. The summed E-state index contributed by atoms with van der Waals surface area (Å²) >= 11 is 3.52. The number of fused-ring (bicyclic) bond motifs is 6. The van der Waals surface area contributed by atoms with E-state index in [0.29, 0.717) is 0 Å². The van der Waals surface area contributed by atoms with Crippen LogP contribution in [0.1, 0.15) is 28.0 Å². The number of para-hydroxylation sites is 1.